The summed E-state index contributed by atoms with van der Waals surface area (Å²) in [4.78, 5) is 24.5. The first-order valence-electron chi connectivity index (χ1n) is 6.22. The monoisotopic (exact) mass is 267 g/mol. The number of rotatable bonds is 4. The predicted octanol–water partition coefficient (Wildman–Crippen LogP) is 1.85. The number of carbonyl (C=O) groups is 2. The average molecular weight is 267 g/mol. The summed E-state index contributed by atoms with van der Waals surface area (Å²) in [5.41, 5.74) is 1.13. The molecule has 1 heterocycles. The minimum atomic E-state index is -0.382. The van der Waals surface area contributed by atoms with Gasteiger partial charge < -0.3 is 10.1 Å². The molecule has 1 aliphatic rings. The lowest BCUT2D eigenvalue weighted by Gasteiger charge is -2.21. The second-order valence-corrected chi connectivity index (χ2v) is 5.27. The zero-order valence-electron chi connectivity index (χ0n) is 10.4. The Morgan fingerprint density at radius 1 is 1.56 bits per heavy atom. The molecule has 1 N–H and O–H groups in total. The zero-order valence-corrected chi connectivity index (χ0v) is 11.2. The van der Waals surface area contributed by atoms with E-state index in [1.165, 1.54) is 4.88 Å². The molecule has 0 fully saturated rings. The molecule has 1 amide bonds. The van der Waals surface area contributed by atoms with Gasteiger partial charge in [0.2, 0.25) is 5.91 Å². The van der Waals surface area contributed by atoms with Gasteiger partial charge in [-0.2, -0.15) is 0 Å². The number of esters is 1. The summed E-state index contributed by atoms with van der Waals surface area (Å²) < 4.78 is 4.78. The van der Waals surface area contributed by atoms with E-state index in [9.17, 15) is 9.59 Å². The average Bonchev–Trinajstić information content (AvgIpc) is 2.84. The Kier molecular flexibility index (Phi) is 4.36. The van der Waals surface area contributed by atoms with Crippen LogP contribution in [0.4, 0.5) is 0 Å². The van der Waals surface area contributed by atoms with Crippen molar-refractivity contribution in [3.8, 4) is 0 Å². The predicted molar refractivity (Wildman–Crippen MR) is 69.6 cm³/mol. The van der Waals surface area contributed by atoms with Gasteiger partial charge in [0.05, 0.1) is 12.5 Å². The number of nitrogens with one attached hydrogen (secondary N) is 1. The Labute approximate surface area is 110 Å². The molecule has 1 atom stereocenters. The van der Waals surface area contributed by atoms with Crippen molar-refractivity contribution in [3.05, 3.63) is 21.9 Å². The topological polar surface area (TPSA) is 55.4 Å². The highest BCUT2D eigenvalue weighted by Gasteiger charge is 2.27. The van der Waals surface area contributed by atoms with Crippen LogP contribution < -0.4 is 5.32 Å². The number of aryl methyl sites for hydroxylation is 1. The molecule has 0 bridgehead atoms. The van der Waals surface area contributed by atoms with Crippen LogP contribution in [0, 0.1) is 0 Å². The number of amides is 1. The maximum atomic E-state index is 12.1. The van der Waals surface area contributed by atoms with Crippen LogP contribution in [0.3, 0.4) is 0 Å². The Hall–Kier alpha value is -1.36. The van der Waals surface area contributed by atoms with Crippen LogP contribution in [0.5, 0.6) is 0 Å². The number of hydrogen-bond acceptors (Lipinski definition) is 4. The Bertz CT molecular complexity index is 441. The lowest BCUT2D eigenvalue weighted by atomic mass is 9.87. The molecule has 0 aromatic carbocycles. The summed E-state index contributed by atoms with van der Waals surface area (Å²) in [5, 5.41) is 4.69. The standard InChI is InChI=1S/C13H17NO3S/c1-2-17-12(15)8-14-13(16)10-4-3-5-11-9(10)6-7-18-11/h6-7,10H,2-5,8H2,1H3,(H,14,16). The van der Waals surface area contributed by atoms with Crippen LogP contribution in [0.15, 0.2) is 11.4 Å². The quantitative estimate of drug-likeness (QED) is 0.847. The fraction of sp³-hybridized carbons (Fsp3) is 0.538. The highest BCUT2D eigenvalue weighted by molar-refractivity contribution is 7.10. The van der Waals surface area contributed by atoms with Crippen molar-refractivity contribution in [2.45, 2.75) is 32.1 Å². The molecule has 0 spiro atoms. The molecule has 0 saturated carbocycles. The van der Waals surface area contributed by atoms with E-state index in [2.05, 4.69) is 5.32 Å². The molecule has 18 heavy (non-hydrogen) atoms. The van der Waals surface area contributed by atoms with Gasteiger partial charge in [-0.3, -0.25) is 9.59 Å². The normalized spacial score (nSPS) is 17.9. The SMILES string of the molecule is CCOC(=O)CNC(=O)C1CCCc2sccc21. The molecule has 0 radical (unpaired) electrons. The number of ether oxygens (including phenoxy) is 1. The van der Waals surface area contributed by atoms with E-state index >= 15 is 0 Å². The van der Waals surface area contributed by atoms with E-state index in [0.717, 1.165) is 24.8 Å². The van der Waals surface area contributed by atoms with Gasteiger partial charge in [-0.25, -0.2) is 0 Å². The van der Waals surface area contributed by atoms with Crippen molar-refractivity contribution >= 4 is 23.2 Å². The maximum absolute atomic E-state index is 12.1. The summed E-state index contributed by atoms with van der Waals surface area (Å²) >= 11 is 1.71. The Morgan fingerprint density at radius 2 is 2.39 bits per heavy atom. The van der Waals surface area contributed by atoms with E-state index in [4.69, 9.17) is 4.74 Å². The molecule has 2 rings (SSSR count). The summed E-state index contributed by atoms with van der Waals surface area (Å²) in [6.45, 7) is 2.05. The maximum Gasteiger partial charge on any atom is 0.325 e. The molecule has 4 nitrogen and oxygen atoms in total. The molecule has 1 aliphatic carbocycles. The van der Waals surface area contributed by atoms with Crippen molar-refractivity contribution in [1.29, 1.82) is 0 Å². The smallest absolute Gasteiger partial charge is 0.325 e. The van der Waals surface area contributed by atoms with Gasteiger partial charge in [0.1, 0.15) is 6.54 Å². The Balaban J connectivity index is 1.93. The molecular formula is C13H17NO3S. The van der Waals surface area contributed by atoms with Crippen molar-refractivity contribution in [1.82, 2.24) is 5.32 Å². The van der Waals surface area contributed by atoms with E-state index in [-0.39, 0.29) is 24.3 Å². The summed E-state index contributed by atoms with van der Waals surface area (Å²) in [7, 11) is 0. The summed E-state index contributed by atoms with van der Waals surface area (Å²) in [6, 6.07) is 2.02. The molecular weight excluding hydrogens is 250 g/mol. The van der Waals surface area contributed by atoms with E-state index < -0.39 is 0 Å². The minimum absolute atomic E-state index is 0.0390. The first-order valence-corrected chi connectivity index (χ1v) is 7.10. The second kappa shape index (κ2) is 6.00. The summed E-state index contributed by atoms with van der Waals surface area (Å²) in [5.74, 6) is -0.552. The molecule has 5 heteroatoms. The van der Waals surface area contributed by atoms with Crippen molar-refractivity contribution in [3.63, 3.8) is 0 Å². The third kappa shape index (κ3) is 2.90. The molecule has 0 aliphatic heterocycles. The minimum Gasteiger partial charge on any atom is -0.465 e. The molecule has 0 saturated heterocycles. The van der Waals surface area contributed by atoms with Crippen LogP contribution in [0.25, 0.3) is 0 Å². The lowest BCUT2D eigenvalue weighted by molar-refractivity contribution is -0.143. The number of thiophene rings is 1. The number of carbonyl (C=O) groups excluding carboxylic acids is 2. The van der Waals surface area contributed by atoms with E-state index in [0.29, 0.717) is 6.61 Å². The van der Waals surface area contributed by atoms with Crippen LogP contribution in [-0.4, -0.2) is 25.0 Å². The van der Waals surface area contributed by atoms with E-state index in [1.54, 1.807) is 18.3 Å². The first-order chi connectivity index (χ1) is 8.72. The van der Waals surface area contributed by atoms with Crippen LogP contribution in [-0.2, 0) is 20.7 Å². The lowest BCUT2D eigenvalue weighted by Crippen LogP contribution is -2.35. The van der Waals surface area contributed by atoms with Crippen LogP contribution >= 0.6 is 11.3 Å². The third-order valence-electron chi connectivity index (χ3n) is 3.08. The third-order valence-corrected chi connectivity index (χ3v) is 4.08. The highest BCUT2D eigenvalue weighted by Crippen LogP contribution is 2.34. The number of fused-ring (bicyclic) bond motifs is 1. The first kappa shape index (κ1) is 13.1. The van der Waals surface area contributed by atoms with Gasteiger partial charge in [-0.15, -0.1) is 11.3 Å². The fourth-order valence-electron chi connectivity index (χ4n) is 2.25. The molecule has 1 aromatic rings. The summed E-state index contributed by atoms with van der Waals surface area (Å²) in [6.07, 6.45) is 2.96. The highest BCUT2D eigenvalue weighted by atomic mass is 32.1. The van der Waals surface area contributed by atoms with Crippen molar-refractivity contribution < 1.29 is 14.3 Å². The Morgan fingerprint density at radius 3 is 3.17 bits per heavy atom. The zero-order chi connectivity index (χ0) is 13.0. The van der Waals surface area contributed by atoms with E-state index in [1.807, 2.05) is 11.4 Å². The van der Waals surface area contributed by atoms with Gasteiger partial charge in [0.25, 0.3) is 0 Å². The van der Waals surface area contributed by atoms with Crippen molar-refractivity contribution in [2.24, 2.45) is 0 Å². The second-order valence-electron chi connectivity index (χ2n) is 4.27. The van der Waals surface area contributed by atoms with Gasteiger partial charge in [0.15, 0.2) is 0 Å². The molecule has 1 unspecified atom stereocenters. The molecule has 98 valence electrons. The van der Waals surface area contributed by atoms with Gasteiger partial charge in [0, 0.05) is 4.88 Å². The van der Waals surface area contributed by atoms with Gasteiger partial charge >= 0.3 is 5.97 Å². The van der Waals surface area contributed by atoms with Gasteiger partial charge in [-0.1, -0.05) is 0 Å². The van der Waals surface area contributed by atoms with Crippen LogP contribution in [0.2, 0.25) is 0 Å². The number of hydrogen-bond donors (Lipinski definition) is 1. The largest absolute Gasteiger partial charge is 0.465 e. The fourth-order valence-corrected chi connectivity index (χ4v) is 3.24. The molecule has 1 aromatic heterocycles. The van der Waals surface area contributed by atoms with Crippen molar-refractivity contribution in [2.75, 3.05) is 13.2 Å². The van der Waals surface area contributed by atoms with Crippen LogP contribution in [0.1, 0.15) is 36.1 Å². The van der Waals surface area contributed by atoms with Gasteiger partial charge in [-0.05, 0) is 43.2 Å².